The number of esters is 2. The van der Waals surface area contributed by atoms with E-state index in [0.717, 1.165) is 5.56 Å². The largest absolute Gasteiger partial charge is 0.465 e. The van der Waals surface area contributed by atoms with Crippen LogP contribution in [0, 0.1) is 6.92 Å². The zero-order valence-electron chi connectivity index (χ0n) is 11.9. The van der Waals surface area contributed by atoms with Crippen LogP contribution in [0.5, 0.6) is 0 Å². The summed E-state index contributed by atoms with van der Waals surface area (Å²) in [5.41, 5.74) is 1.17. The molecule has 0 spiro atoms. The Morgan fingerprint density at radius 2 is 1.95 bits per heavy atom. The second kappa shape index (κ2) is 5.82. The van der Waals surface area contributed by atoms with Gasteiger partial charge >= 0.3 is 11.9 Å². The fraction of sp³-hybridized carbons (Fsp3) is 0.500. The van der Waals surface area contributed by atoms with Crippen LogP contribution < -0.4 is 0 Å². The molecule has 0 aliphatic carbocycles. The van der Waals surface area contributed by atoms with E-state index < -0.39 is 11.6 Å². The Hall–Kier alpha value is -1.91. The molecule has 0 fully saturated rings. The van der Waals surface area contributed by atoms with Crippen LogP contribution >= 0.6 is 0 Å². The van der Waals surface area contributed by atoms with Crippen LogP contribution in [0.3, 0.4) is 0 Å². The van der Waals surface area contributed by atoms with Crippen LogP contribution in [-0.4, -0.2) is 29.6 Å². The van der Waals surface area contributed by atoms with Crippen molar-refractivity contribution in [1.29, 1.82) is 0 Å². The van der Waals surface area contributed by atoms with E-state index in [1.165, 1.54) is 13.3 Å². The van der Waals surface area contributed by atoms with Gasteiger partial charge in [-0.05, 0) is 39.3 Å². The molecule has 104 valence electrons. The number of nitrogens with zero attached hydrogens (tertiary/aromatic N) is 1. The smallest absolute Gasteiger partial charge is 0.339 e. The topological polar surface area (TPSA) is 65.5 Å². The molecule has 1 rings (SSSR count). The van der Waals surface area contributed by atoms with E-state index >= 15 is 0 Å². The summed E-state index contributed by atoms with van der Waals surface area (Å²) < 4.78 is 9.84. The first-order valence-electron chi connectivity index (χ1n) is 5.98. The molecule has 0 aliphatic heterocycles. The normalized spacial score (nSPS) is 11.0. The molecule has 0 amide bonds. The standard InChI is InChI=1S/C14H19NO4/c1-9-6-10(7-12(16)19-14(2,3)4)15-8-11(9)13(17)18-5/h6,8H,7H2,1-5H3. The van der Waals surface area contributed by atoms with Crippen molar-refractivity contribution in [3.63, 3.8) is 0 Å². The quantitative estimate of drug-likeness (QED) is 0.783. The van der Waals surface area contributed by atoms with Crippen molar-refractivity contribution in [2.75, 3.05) is 7.11 Å². The van der Waals surface area contributed by atoms with Crippen LogP contribution in [-0.2, 0) is 20.7 Å². The van der Waals surface area contributed by atoms with Gasteiger partial charge in [0, 0.05) is 6.20 Å². The minimum Gasteiger partial charge on any atom is -0.465 e. The molecule has 19 heavy (non-hydrogen) atoms. The summed E-state index contributed by atoms with van der Waals surface area (Å²) in [7, 11) is 1.32. The second-order valence-corrected chi connectivity index (χ2v) is 5.25. The van der Waals surface area contributed by atoms with Gasteiger partial charge < -0.3 is 9.47 Å². The highest BCUT2D eigenvalue weighted by atomic mass is 16.6. The molecule has 0 unspecified atom stereocenters. The number of methoxy groups -OCH3 is 1. The van der Waals surface area contributed by atoms with Crippen molar-refractivity contribution in [2.24, 2.45) is 0 Å². The van der Waals surface area contributed by atoms with Crippen molar-refractivity contribution in [3.8, 4) is 0 Å². The molecule has 0 aromatic carbocycles. The first kappa shape index (κ1) is 15.1. The van der Waals surface area contributed by atoms with Crippen LogP contribution in [0.4, 0.5) is 0 Å². The molecule has 0 atom stereocenters. The maximum atomic E-state index is 11.7. The SMILES string of the molecule is COC(=O)c1cnc(CC(=O)OC(C)(C)C)cc1C. The van der Waals surface area contributed by atoms with Gasteiger partial charge in [0.1, 0.15) is 5.60 Å². The van der Waals surface area contributed by atoms with Crippen LogP contribution in [0.15, 0.2) is 12.3 Å². The molecule has 0 aliphatic rings. The van der Waals surface area contributed by atoms with Crippen molar-refractivity contribution in [2.45, 2.75) is 39.7 Å². The average molecular weight is 265 g/mol. The van der Waals surface area contributed by atoms with E-state index in [0.29, 0.717) is 11.3 Å². The van der Waals surface area contributed by atoms with Gasteiger partial charge in [0.2, 0.25) is 0 Å². The van der Waals surface area contributed by atoms with Crippen LogP contribution in [0.1, 0.15) is 42.4 Å². The van der Waals surface area contributed by atoms with E-state index in [1.54, 1.807) is 13.0 Å². The molecule has 0 saturated carbocycles. The summed E-state index contributed by atoms with van der Waals surface area (Å²) in [5.74, 6) is -0.779. The highest BCUT2D eigenvalue weighted by molar-refractivity contribution is 5.90. The summed E-state index contributed by atoms with van der Waals surface area (Å²) in [4.78, 5) is 27.1. The predicted molar refractivity (Wildman–Crippen MR) is 69.9 cm³/mol. The summed E-state index contributed by atoms with van der Waals surface area (Å²) in [6.45, 7) is 7.20. The van der Waals surface area contributed by atoms with Gasteiger partial charge in [-0.15, -0.1) is 0 Å². The molecule has 0 saturated heterocycles. The van der Waals surface area contributed by atoms with Gasteiger partial charge in [0.15, 0.2) is 0 Å². The lowest BCUT2D eigenvalue weighted by atomic mass is 10.1. The number of aromatic nitrogens is 1. The van der Waals surface area contributed by atoms with Gasteiger partial charge in [-0.25, -0.2) is 4.79 Å². The third kappa shape index (κ3) is 4.69. The Bertz CT molecular complexity index is 489. The lowest BCUT2D eigenvalue weighted by Crippen LogP contribution is -2.25. The Labute approximate surface area is 112 Å². The van der Waals surface area contributed by atoms with Gasteiger partial charge in [0.25, 0.3) is 0 Å². The molecule has 1 aromatic heterocycles. The first-order valence-corrected chi connectivity index (χ1v) is 5.98. The number of carbonyl (C=O) groups excluding carboxylic acids is 2. The van der Waals surface area contributed by atoms with Gasteiger partial charge in [0.05, 0.1) is 24.8 Å². The minimum absolute atomic E-state index is 0.0829. The number of pyridine rings is 1. The monoisotopic (exact) mass is 265 g/mol. The summed E-state index contributed by atoms with van der Waals surface area (Å²) >= 11 is 0. The van der Waals surface area contributed by atoms with E-state index in [9.17, 15) is 9.59 Å². The number of ether oxygens (including phenoxy) is 2. The Morgan fingerprint density at radius 1 is 1.32 bits per heavy atom. The fourth-order valence-corrected chi connectivity index (χ4v) is 1.56. The van der Waals surface area contributed by atoms with Crippen molar-refractivity contribution in [1.82, 2.24) is 4.98 Å². The zero-order valence-corrected chi connectivity index (χ0v) is 11.9. The lowest BCUT2D eigenvalue weighted by Gasteiger charge is -2.19. The Morgan fingerprint density at radius 3 is 2.42 bits per heavy atom. The number of carbonyl (C=O) groups is 2. The third-order valence-electron chi connectivity index (χ3n) is 2.32. The molecular formula is C14H19NO4. The van der Waals surface area contributed by atoms with E-state index in [1.807, 2.05) is 20.8 Å². The fourth-order valence-electron chi connectivity index (χ4n) is 1.56. The zero-order chi connectivity index (χ0) is 14.6. The minimum atomic E-state index is -0.516. The summed E-state index contributed by atoms with van der Waals surface area (Å²) in [6.07, 6.45) is 1.50. The molecule has 1 aromatic rings. The number of hydrogen-bond acceptors (Lipinski definition) is 5. The van der Waals surface area contributed by atoms with Gasteiger partial charge in [-0.2, -0.15) is 0 Å². The highest BCUT2D eigenvalue weighted by Gasteiger charge is 2.18. The molecular weight excluding hydrogens is 246 g/mol. The number of rotatable bonds is 3. The third-order valence-corrected chi connectivity index (χ3v) is 2.32. The van der Waals surface area contributed by atoms with Gasteiger partial charge in [-0.3, -0.25) is 9.78 Å². The molecule has 0 radical (unpaired) electrons. The number of hydrogen-bond donors (Lipinski definition) is 0. The Kier molecular flexibility index (Phi) is 4.64. The van der Waals surface area contributed by atoms with E-state index in [-0.39, 0.29) is 12.4 Å². The second-order valence-electron chi connectivity index (χ2n) is 5.25. The number of aryl methyl sites for hydroxylation is 1. The van der Waals surface area contributed by atoms with Crippen LogP contribution in [0.2, 0.25) is 0 Å². The summed E-state index contributed by atoms with van der Waals surface area (Å²) in [6, 6.07) is 1.69. The van der Waals surface area contributed by atoms with E-state index in [4.69, 9.17) is 4.74 Å². The molecule has 0 N–H and O–H groups in total. The molecule has 0 bridgehead atoms. The maximum absolute atomic E-state index is 11.7. The van der Waals surface area contributed by atoms with E-state index in [2.05, 4.69) is 9.72 Å². The predicted octanol–water partition coefficient (Wildman–Crippen LogP) is 2.06. The first-order chi connectivity index (χ1) is 8.73. The molecule has 1 heterocycles. The van der Waals surface area contributed by atoms with Crippen molar-refractivity contribution >= 4 is 11.9 Å². The molecule has 5 nitrogen and oxygen atoms in total. The lowest BCUT2D eigenvalue weighted by molar-refractivity contribution is -0.153. The molecule has 5 heteroatoms. The maximum Gasteiger partial charge on any atom is 0.339 e. The van der Waals surface area contributed by atoms with Crippen molar-refractivity contribution < 1.29 is 19.1 Å². The average Bonchev–Trinajstić information content (AvgIpc) is 2.25. The van der Waals surface area contributed by atoms with Crippen LogP contribution in [0.25, 0.3) is 0 Å². The van der Waals surface area contributed by atoms with Crippen molar-refractivity contribution in [3.05, 3.63) is 29.1 Å². The van der Waals surface area contributed by atoms with Gasteiger partial charge in [-0.1, -0.05) is 0 Å². The Balaban J connectivity index is 2.79. The summed E-state index contributed by atoms with van der Waals surface area (Å²) in [5, 5.41) is 0. The highest BCUT2D eigenvalue weighted by Crippen LogP contribution is 2.12.